The van der Waals surface area contributed by atoms with Gasteiger partial charge in [-0.3, -0.25) is 0 Å². The third-order valence-electron chi connectivity index (χ3n) is 5.29. The Balaban J connectivity index is 1.49. The first kappa shape index (κ1) is 18.2. The van der Waals surface area contributed by atoms with Gasteiger partial charge in [0, 0.05) is 18.0 Å². The number of ether oxygens (including phenoxy) is 1. The zero-order valence-electron chi connectivity index (χ0n) is 15.5. The molecule has 1 aliphatic heterocycles. The van der Waals surface area contributed by atoms with Crippen molar-refractivity contribution in [2.75, 3.05) is 13.2 Å². The van der Waals surface area contributed by atoms with Gasteiger partial charge < -0.3 is 19.2 Å². The van der Waals surface area contributed by atoms with E-state index in [4.69, 9.17) is 9.15 Å². The van der Waals surface area contributed by atoms with E-state index in [0.29, 0.717) is 13.2 Å². The molecule has 5 heteroatoms. The molecule has 0 aliphatic carbocycles. The molecule has 4 rings (SSSR count). The van der Waals surface area contributed by atoms with E-state index in [1.807, 2.05) is 36.4 Å². The largest absolute Gasteiger partial charge is 0.491 e. The van der Waals surface area contributed by atoms with Gasteiger partial charge in [0.15, 0.2) is 0 Å². The summed E-state index contributed by atoms with van der Waals surface area (Å²) in [4.78, 5) is 12.7. The second-order valence-electron chi connectivity index (χ2n) is 7.05. The Morgan fingerprint density at radius 1 is 1.07 bits per heavy atom. The smallest absolute Gasteiger partial charge is 0.407 e. The van der Waals surface area contributed by atoms with Gasteiger partial charge in [-0.25, -0.2) is 4.79 Å². The predicted octanol–water partition coefficient (Wildman–Crippen LogP) is 4.98. The number of carbonyl (C=O) groups is 1. The molecule has 0 bridgehead atoms. The van der Waals surface area contributed by atoms with E-state index in [1.54, 1.807) is 12.5 Å². The molecule has 0 radical (unpaired) electrons. The van der Waals surface area contributed by atoms with Gasteiger partial charge in [-0.2, -0.15) is 0 Å². The Labute approximate surface area is 164 Å². The summed E-state index contributed by atoms with van der Waals surface area (Å²) >= 11 is 0. The minimum absolute atomic E-state index is 0.0693. The summed E-state index contributed by atoms with van der Waals surface area (Å²) in [6.07, 6.45) is 4.34. The molecule has 0 saturated carbocycles. The van der Waals surface area contributed by atoms with Crippen LogP contribution in [0.3, 0.4) is 0 Å². The minimum Gasteiger partial charge on any atom is -0.491 e. The fourth-order valence-corrected chi connectivity index (χ4v) is 3.87. The molecule has 2 heterocycles. The van der Waals surface area contributed by atoms with Crippen LogP contribution < -0.4 is 4.74 Å². The van der Waals surface area contributed by atoms with Crippen molar-refractivity contribution in [3.63, 3.8) is 0 Å². The van der Waals surface area contributed by atoms with Crippen LogP contribution in [-0.2, 0) is 0 Å². The maximum atomic E-state index is 11.3. The Morgan fingerprint density at radius 2 is 1.82 bits per heavy atom. The normalized spacial score (nSPS) is 17.4. The Hall–Kier alpha value is -3.21. The molecule has 5 nitrogen and oxygen atoms in total. The molecule has 1 saturated heterocycles. The quantitative estimate of drug-likeness (QED) is 0.658. The highest BCUT2D eigenvalue weighted by Crippen LogP contribution is 2.33. The number of benzene rings is 2. The van der Waals surface area contributed by atoms with Crippen molar-refractivity contribution in [1.82, 2.24) is 4.90 Å². The zero-order chi connectivity index (χ0) is 19.3. The summed E-state index contributed by atoms with van der Waals surface area (Å²) in [6, 6.07) is 20.2. The third kappa shape index (κ3) is 3.88. The lowest BCUT2D eigenvalue weighted by atomic mass is 9.87. The van der Waals surface area contributed by atoms with E-state index >= 15 is 0 Å². The summed E-state index contributed by atoms with van der Waals surface area (Å²) in [7, 11) is 0. The van der Waals surface area contributed by atoms with Gasteiger partial charge in [-0.1, -0.05) is 42.5 Å². The van der Waals surface area contributed by atoms with Crippen molar-refractivity contribution in [2.24, 2.45) is 0 Å². The number of hydrogen-bond donors (Lipinski definition) is 1. The monoisotopic (exact) mass is 377 g/mol. The lowest BCUT2D eigenvalue weighted by molar-refractivity contribution is 0.123. The van der Waals surface area contributed by atoms with Crippen LogP contribution in [0.2, 0.25) is 0 Å². The maximum absolute atomic E-state index is 11.3. The fourth-order valence-electron chi connectivity index (χ4n) is 3.87. The second-order valence-corrected chi connectivity index (χ2v) is 7.05. The van der Waals surface area contributed by atoms with Crippen molar-refractivity contribution >= 4 is 6.09 Å². The van der Waals surface area contributed by atoms with Gasteiger partial charge in [0.1, 0.15) is 12.4 Å². The van der Waals surface area contributed by atoms with E-state index in [2.05, 4.69) is 24.3 Å². The lowest BCUT2D eigenvalue weighted by Gasteiger charge is -2.22. The average molecular weight is 377 g/mol. The van der Waals surface area contributed by atoms with Crippen molar-refractivity contribution in [3.8, 4) is 5.75 Å². The zero-order valence-corrected chi connectivity index (χ0v) is 15.5. The summed E-state index contributed by atoms with van der Waals surface area (Å²) in [5, 5.41) is 9.24. The number of rotatable bonds is 6. The number of nitrogens with zero attached hydrogens (tertiary/aromatic N) is 1. The summed E-state index contributed by atoms with van der Waals surface area (Å²) < 4.78 is 11.2. The van der Waals surface area contributed by atoms with E-state index in [9.17, 15) is 9.90 Å². The molecule has 1 fully saturated rings. The lowest BCUT2D eigenvalue weighted by Crippen LogP contribution is -2.37. The standard InChI is InChI=1S/C23H23NO4/c25-23(26)24-13-4-7-20(24)16-28-21-10-8-18(9-11-21)22(19-12-14-27-15-19)17-5-2-1-3-6-17/h1-3,5-6,8-12,14-15,20,22H,4,7,13,16H2,(H,25,26)/t20-,22?/m1/s1. The number of carboxylic acid groups (broad SMARTS) is 1. The highest BCUT2D eigenvalue weighted by atomic mass is 16.5. The maximum Gasteiger partial charge on any atom is 0.407 e. The molecule has 1 aliphatic rings. The van der Waals surface area contributed by atoms with Crippen LogP contribution in [0, 0.1) is 0 Å². The fraction of sp³-hybridized carbons (Fsp3) is 0.261. The molecule has 2 atom stereocenters. The molecule has 1 unspecified atom stereocenters. The van der Waals surface area contributed by atoms with E-state index < -0.39 is 6.09 Å². The van der Waals surface area contributed by atoms with E-state index in [0.717, 1.165) is 29.7 Å². The summed E-state index contributed by atoms with van der Waals surface area (Å²) in [6.45, 7) is 0.973. The minimum atomic E-state index is -0.868. The van der Waals surface area contributed by atoms with Gasteiger partial charge in [0.05, 0.1) is 18.6 Å². The number of hydrogen-bond acceptors (Lipinski definition) is 3. The summed E-state index contributed by atoms with van der Waals surface area (Å²) in [5.74, 6) is 0.839. The Bertz CT molecular complexity index is 890. The molecule has 1 amide bonds. The van der Waals surface area contributed by atoms with Crippen LogP contribution in [0.4, 0.5) is 4.79 Å². The molecular weight excluding hydrogens is 354 g/mol. The van der Waals surface area contributed by atoms with Crippen LogP contribution in [-0.4, -0.2) is 35.3 Å². The number of furan rings is 1. The van der Waals surface area contributed by atoms with Crippen molar-refractivity contribution in [3.05, 3.63) is 89.9 Å². The molecule has 28 heavy (non-hydrogen) atoms. The van der Waals surface area contributed by atoms with Gasteiger partial charge in [0.25, 0.3) is 0 Å². The van der Waals surface area contributed by atoms with E-state index in [1.165, 1.54) is 10.5 Å². The average Bonchev–Trinajstić information content (AvgIpc) is 3.41. The van der Waals surface area contributed by atoms with Gasteiger partial charge >= 0.3 is 6.09 Å². The predicted molar refractivity (Wildman–Crippen MR) is 106 cm³/mol. The molecule has 3 aromatic rings. The van der Waals surface area contributed by atoms with Crippen molar-refractivity contribution < 1.29 is 19.1 Å². The molecule has 0 spiro atoms. The summed E-state index contributed by atoms with van der Waals surface area (Å²) in [5.41, 5.74) is 3.44. The number of likely N-dealkylation sites (tertiary alicyclic amines) is 1. The molecule has 144 valence electrons. The second kappa shape index (κ2) is 8.21. The topological polar surface area (TPSA) is 62.9 Å². The third-order valence-corrected chi connectivity index (χ3v) is 5.29. The van der Waals surface area contributed by atoms with Crippen molar-refractivity contribution in [2.45, 2.75) is 24.8 Å². The van der Waals surface area contributed by atoms with E-state index in [-0.39, 0.29) is 12.0 Å². The molecular formula is C23H23NO4. The van der Waals surface area contributed by atoms with Crippen LogP contribution in [0.25, 0.3) is 0 Å². The first-order valence-corrected chi connectivity index (χ1v) is 9.52. The Kier molecular flexibility index (Phi) is 5.33. The van der Waals surface area contributed by atoms with Crippen LogP contribution in [0.15, 0.2) is 77.6 Å². The van der Waals surface area contributed by atoms with Crippen LogP contribution in [0.1, 0.15) is 35.4 Å². The number of amides is 1. The van der Waals surface area contributed by atoms with Crippen molar-refractivity contribution in [1.29, 1.82) is 0 Å². The highest BCUT2D eigenvalue weighted by Gasteiger charge is 2.28. The van der Waals surface area contributed by atoms with Crippen LogP contribution in [0.5, 0.6) is 5.75 Å². The molecule has 2 aromatic carbocycles. The highest BCUT2D eigenvalue weighted by molar-refractivity contribution is 5.65. The van der Waals surface area contributed by atoms with Gasteiger partial charge in [-0.05, 0) is 42.2 Å². The van der Waals surface area contributed by atoms with Gasteiger partial charge in [0.2, 0.25) is 0 Å². The van der Waals surface area contributed by atoms with Gasteiger partial charge in [-0.15, -0.1) is 0 Å². The Morgan fingerprint density at radius 3 is 2.50 bits per heavy atom. The molecule has 1 aromatic heterocycles. The SMILES string of the molecule is O=C(O)N1CCC[C@@H]1COc1ccc(C(c2ccccc2)c2ccoc2)cc1. The van der Waals surface area contributed by atoms with Crippen LogP contribution >= 0.6 is 0 Å². The first-order chi connectivity index (χ1) is 13.7. The molecule has 1 N–H and O–H groups in total. The first-order valence-electron chi connectivity index (χ1n) is 9.52.